The van der Waals surface area contributed by atoms with Crippen LogP contribution in [0, 0.1) is 5.92 Å². The zero-order valence-corrected chi connectivity index (χ0v) is 16.4. The Bertz CT molecular complexity index is 634. The lowest BCUT2D eigenvalue weighted by molar-refractivity contribution is -0.922. The van der Waals surface area contributed by atoms with E-state index < -0.39 is 11.6 Å². The standard InChI is InChI=1S/C23H34NO3/c25-22(27-21-14-17-24(18-21)15-8-3-9-16-24)23(26,19-10-4-1-5-11-19)20-12-6-2-7-13-20/h1,4-5,10-11,20-21,26H,2-3,6-9,12-18H2/q+1. The van der Waals surface area contributed by atoms with Crippen LogP contribution < -0.4 is 0 Å². The number of ether oxygens (including phenoxy) is 1. The number of quaternary nitrogens is 1. The van der Waals surface area contributed by atoms with Crippen LogP contribution >= 0.6 is 0 Å². The topological polar surface area (TPSA) is 46.5 Å². The average molecular weight is 373 g/mol. The molecule has 4 rings (SSSR count). The van der Waals surface area contributed by atoms with E-state index in [0.29, 0.717) is 5.56 Å². The average Bonchev–Trinajstić information content (AvgIpc) is 3.10. The van der Waals surface area contributed by atoms with Crippen molar-refractivity contribution >= 4 is 5.97 Å². The minimum atomic E-state index is -1.50. The van der Waals surface area contributed by atoms with Crippen LogP contribution in [0.15, 0.2) is 30.3 Å². The third-order valence-corrected chi connectivity index (χ3v) is 7.28. The molecule has 2 unspecified atom stereocenters. The maximum Gasteiger partial charge on any atom is 0.343 e. The van der Waals surface area contributed by atoms with Gasteiger partial charge in [0, 0.05) is 12.3 Å². The first kappa shape index (κ1) is 18.9. The molecule has 1 aromatic rings. The SMILES string of the molecule is O=C(OC1CC[N+]2(CCCCC2)C1)C(O)(c1ccccc1)C1CCCCC1. The van der Waals surface area contributed by atoms with Gasteiger partial charge in [0.2, 0.25) is 0 Å². The molecule has 1 spiro atoms. The van der Waals surface area contributed by atoms with Gasteiger partial charge in [-0.2, -0.15) is 0 Å². The van der Waals surface area contributed by atoms with E-state index in [1.54, 1.807) is 0 Å². The number of aliphatic hydroxyl groups is 1. The summed E-state index contributed by atoms with van der Waals surface area (Å²) in [5, 5.41) is 11.7. The van der Waals surface area contributed by atoms with Gasteiger partial charge in [-0.3, -0.25) is 0 Å². The molecule has 2 heterocycles. The Morgan fingerprint density at radius 2 is 1.59 bits per heavy atom. The second-order valence-electron chi connectivity index (χ2n) is 9.04. The van der Waals surface area contributed by atoms with Crippen molar-refractivity contribution < 1.29 is 19.1 Å². The van der Waals surface area contributed by atoms with Gasteiger partial charge in [0.25, 0.3) is 0 Å². The van der Waals surface area contributed by atoms with Crippen molar-refractivity contribution in [2.24, 2.45) is 5.92 Å². The highest BCUT2D eigenvalue weighted by Gasteiger charge is 2.49. The molecule has 0 radical (unpaired) electrons. The molecule has 4 heteroatoms. The summed E-state index contributed by atoms with van der Waals surface area (Å²) in [7, 11) is 0. The summed E-state index contributed by atoms with van der Waals surface area (Å²) in [5.41, 5.74) is -0.807. The molecule has 2 aliphatic heterocycles. The molecule has 1 aliphatic carbocycles. The fraction of sp³-hybridized carbons (Fsp3) is 0.696. The summed E-state index contributed by atoms with van der Waals surface area (Å²) in [4.78, 5) is 13.3. The normalized spacial score (nSPS) is 28.0. The molecular formula is C23H34NO3+. The lowest BCUT2D eigenvalue weighted by Crippen LogP contribution is -2.51. The van der Waals surface area contributed by atoms with E-state index in [0.717, 1.165) is 49.7 Å². The van der Waals surface area contributed by atoms with E-state index >= 15 is 0 Å². The molecule has 1 N–H and O–H groups in total. The maximum atomic E-state index is 13.3. The predicted octanol–water partition coefficient (Wildman–Crippen LogP) is 3.77. The first-order valence-electron chi connectivity index (χ1n) is 11.0. The molecular weight excluding hydrogens is 338 g/mol. The van der Waals surface area contributed by atoms with Gasteiger partial charge >= 0.3 is 5.97 Å². The molecule has 3 aliphatic rings. The van der Waals surface area contributed by atoms with Crippen LogP contribution in [0.1, 0.15) is 63.4 Å². The fourth-order valence-electron chi connectivity index (χ4n) is 5.69. The lowest BCUT2D eigenvalue weighted by Gasteiger charge is -2.39. The Hall–Kier alpha value is -1.39. The second kappa shape index (κ2) is 7.92. The van der Waals surface area contributed by atoms with E-state index in [1.807, 2.05) is 30.3 Å². The number of nitrogens with zero attached hydrogens (tertiary/aromatic N) is 1. The third-order valence-electron chi connectivity index (χ3n) is 7.28. The molecule has 1 saturated carbocycles. The van der Waals surface area contributed by atoms with Crippen LogP contribution in [0.3, 0.4) is 0 Å². The van der Waals surface area contributed by atoms with Gasteiger partial charge in [-0.1, -0.05) is 49.6 Å². The lowest BCUT2D eigenvalue weighted by atomic mass is 9.73. The molecule has 4 nitrogen and oxygen atoms in total. The number of esters is 1. The van der Waals surface area contributed by atoms with Crippen LogP contribution in [0.25, 0.3) is 0 Å². The highest BCUT2D eigenvalue weighted by atomic mass is 16.6. The molecule has 0 amide bonds. The zero-order chi connectivity index (χ0) is 18.7. The van der Waals surface area contributed by atoms with Crippen molar-refractivity contribution in [1.82, 2.24) is 0 Å². The molecule has 3 fully saturated rings. The summed E-state index contributed by atoms with van der Waals surface area (Å²) in [5.74, 6) is -0.455. The van der Waals surface area contributed by atoms with Gasteiger partial charge < -0.3 is 14.3 Å². The molecule has 2 saturated heterocycles. The number of benzene rings is 1. The van der Waals surface area contributed by atoms with Crippen molar-refractivity contribution in [3.8, 4) is 0 Å². The Balaban J connectivity index is 1.51. The minimum Gasteiger partial charge on any atom is -0.454 e. The molecule has 0 aromatic heterocycles. The van der Waals surface area contributed by atoms with Gasteiger partial charge in [-0.25, -0.2) is 4.79 Å². The Kier molecular flexibility index (Phi) is 5.56. The van der Waals surface area contributed by atoms with Gasteiger partial charge in [-0.05, 0) is 37.7 Å². The summed E-state index contributed by atoms with van der Waals surface area (Å²) < 4.78 is 7.12. The number of carbonyl (C=O) groups excluding carboxylic acids is 1. The van der Waals surface area contributed by atoms with Crippen LogP contribution in [0.5, 0.6) is 0 Å². The summed E-state index contributed by atoms with van der Waals surface area (Å²) >= 11 is 0. The molecule has 27 heavy (non-hydrogen) atoms. The van der Waals surface area contributed by atoms with Crippen molar-refractivity contribution in [3.63, 3.8) is 0 Å². The van der Waals surface area contributed by atoms with Gasteiger partial charge in [0.05, 0.1) is 19.6 Å². The highest BCUT2D eigenvalue weighted by Crippen LogP contribution is 2.41. The predicted molar refractivity (Wildman–Crippen MR) is 105 cm³/mol. The third kappa shape index (κ3) is 3.79. The number of hydrogen-bond acceptors (Lipinski definition) is 3. The van der Waals surface area contributed by atoms with E-state index in [1.165, 1.54) is 38.8 Å². The van der Waals surface area contributed by atoms with Crippen molar-refractivity contribution in [2.45, 2.75) is 69.5 Å². The monoisotopic (exact) mass is 372 g/mol. The number of carbonyl (C=O) groups is 1. The molecule has 148 valence electrons. The number of rotatable bonds is 4. The summed E-state index contributed by atoms with van der Waals surface area (Å²) in [6, 6.07) is 9.49. The maximum absolute atomic E-state index is 13.3. The smallest absolute Gasteiger partial charge is 0.343 e. The molecule has 1 aromatic carbocycles. The van der Waals surface area contributed by atoms with Crippen LogP contribution in [0.4, 0.5) is 0 Å². The highest BCUT2D eigenvalue weighted by molar-refractivity contribution is 5.81. The number of piperidine rings is 1. The fourth-order valence-corrected chi connectivity index (χ4v) is 5.69. The van der Waals surface area contributed by atoms with Gasteiger partial charge in [-0.15, -0.1) is 0 Å². The molecule has 2 atom stereocenters. The zero-order valence-electron chi connectivity index (χ0n) is 16.4. The molecule has 0 bridgehead atoms. The first-order valence-corrected chi connectivity index (χ1v) is 11.0. The van der Waals surface area contributed by atoms with Crippen LogP contribution in [0.2, 0.25) is 0 Å². The minimum absolute atomic E-state index is 0.0410. The van der Waals surface area contributed by atoms with Gasteiger partial charge in [0.1, 0.15) is 6.54 Å². The Morgan fingerprint density at radius 3 is 2.30 bits per heavy atom. The van der Waals surface area contributed by atoms with Crippen molar-refractivity contribution in [3.05, 3.63) is 35.9 Å². The van der Waals surface area contributed by atoms with Crippen LogP contribution in [-0.4, -0.2) is 47.8 Å². The quantitative estimate of drug-likeness (QED) is 0.646. The van der Waals surface area contributed by atoms with E-state index in [9.17, 15) is 9.90 Å². The van der Waals surface area contributed by atoms with Crippen molar-refractivity contribution in [2.75, 3.05) is 26.2 Å². The van der Waals surface area contributed by atoms with E-state index in [2.05, 4.69) is 0 Å². The Morgan fingerprint density at radius 1 is 0.926 bits per heavy atom. The van der Waals surface area contributed by atoms with Gasteiger partial charge in [0.15, 0.2) is 11.7 Å². The van der Waals surface area contributed by atoms with E-state index in [4.69, 9.17) is 4.74 Å². The number of hydrogen-bond donors (Lipinski definition) is 1. The second-order valence-corrected chi connectivity index (χ2v) is 9.04. The summed E-state index contributed by atoms with van der Waals surface area (Å²) in [6.07, 6.45) is 9.94. The summed E-state index contributed by atoms with van der Waals surface area (Å²) in [6.45, 7) is 4.49. The Labute approximate surface area is 163 Å². The van der Waals surface area contributed by atoms with E-state index in [-0.39, 0.29) is 12.0 Å². The largest absolute Gasteiger partial charge is 0.454 e. The first-order chi connectivity index (χ1) is 13.1. The van der Waals surface area contributed by atoms with Crippen LogP contribution in [-0.2, 0) is 15.1 Å². The van der Waals surface area contributed by atoms with Crippen molar-refractivity contribution in [1.29, 1.82) is 0 Å².